The molecule has 0 fully saturated rings. The quantitative estimate of drug-likeness (QED) is 0.343. The zero-order chi connectivity index (χ0) is 23.5. The van der Waals surface area contributed by atoms with Crippen molar-refractivity contribution in [2.45, 2.75) is 13.2 Å². The summed E-state index contributed by atoms with van der Waals surface area (Å²) in [6.07, 6.45) is 1.39. The highest BCUT2D eigenvalue weighted by Gasteiger charge is 2.26. The van der Waals surface area contributed by atoms with E-state index in [1.165, 1.54) is 10.8 Å². The second-order valence-corrected chi connectivity index (χ2v) is 7.99. The summed E-state index contributed by atoms with van der Waals surface area (Å²) in [5, 5.41) is 12.7. The van der Waals surface area contributed by atoms with Gasteiger partial charge in [-0.15, -0.1) is 0 Å². The number of ether oxygens (including phenoxy) is 3. The van der Waals surface area contributed by atoms with Crippen molar-refractivity contribution in [2.24, 2.45) is 7.05 Å². The summed E-state index contributed by atoms with van der Waals surface area (Å²) < 4.78 is 17.9. The van der Waals surface area contributed by atoms with Crippen LogP contribution in [0.5, 0.6) is 17.2 Å². The first kappa shape index (κ1) is 22.8. The molecule has 0 saturated heterocycles. The Morgan fingerprint density at radius 3 is 2.58 bits per heavy atom. The number of carbonyl (C=O) groups is 2. The molecule has 2 heterocycles. The number of aryl methyl sites for hydroxylation is 1. The van der Waals surface area contributed by atoms with Crippen molar-refractivity contribution in [2.75, 3.05) is 6.79 Å². The number of hydrogen-bond acceptors (Lipinski definition) is 6. The number of fused-ring (bicyclic) bond motifs is 1. The van der Waals surface area contributed by atoms with Crippen molar-refractivity contribution in [3.63, 3.8) is 0 Å². The van der Waals surface area contributed by atoms with Crippen LogP contribution in [0.2, 0.25) is 10.0 Å². The van der Waals surface area contributed by atoms with Gasteiger partial charge >= 0.3 is 0 Å². The molecule has 0 saturated carbocycles. The fourth-order valence-electron chi connectivity index (χ4n) is 3.34. The van der Waals surface area contributed by atoms with E-state index in [2.05, 4.69) is 5.32 Å². The van der Waals surface area contributed by atoms with E-state index in [0.717, 1.165) is 5.56 Å². The van der Waals surface area contributed by atoms with Crippen LogP contribution >= 0.6 is 23.2 Å². The summed E-state index contributed by atoms with van der Waals surface area (Å²) in [6, 6.07) is 10.3. The Balaban J connectivity index is 1.55. The first-order chi connectivity index (χ1) is 15.9. The van der Waals surface area contributed by atoms with Crippen LogP contribution < -0.4 is 25.0 Å². The lowest BCUT2D eigenvalue weighted by molar-refractivity contribution is 0.0702. The van der Waals surface area contributed by atoms with Gasteiger partial charge in [-0.3, -0.25) is 14.8 Å². The van der Waals surface area contributed by atoms with Gasteiger partial charge in [-0.2, -0.15) is 0 Å². The minimum absolute atomic E-state index is 0.00621. The lowest BCUT2D eigenvalue weighted by atomic mass is 10.2. The molecule has 172 valence electrons. The maximum atomic E-state index is 13.0. The van der Waals surface area contributed by atoms with Gasteiger partial charge < -0.3 is 24.1 Å². The van der Waals surface area contributed by atoms with E-state index in [0.29, 0.717) is 27.1 Å². The zero-order valence-corrected chi connectivity index (χ0v) is 18.9. The fourth-order valence-corrected chi connectivity index (χ4v) is 3.66. The second kappa shape index (κ2) is 9.62. The molecule has 0 spiro atoms. The molecule has 1 aromatic heterocycles. The number of aromatic nitrogens is 1. The lowest BCUT2D eigenvalue weighted by Gasteiger charge is -2.12. The number of halogens is 2. The van der Waals surface area contributed by atoms with Crippen molar-refractivity contribution in [3.05, 3.63) is 75.0 Å². The van der Waals surface area contributed by atoms with E-state index < -0.39 is 11.8 Å². The lowest BCUT2D eigenvalue weighted by Crippen LogP contribution is -2.25. The molecule has 3 N–H and O–H groups in total. The predicted octanol–water partition coefficient (Wildman–Crippen LogP) is 3.69. The number of nitrogens with zero attached hydrogens (tertiary/aromatic N) is 1. The minimum Gasteiger partial charge on any atom is -0.486 e. The monoisotopic (exact) mass is 491 g/mol. The van der Waals surface area contributed by atoms with Crippen molar-refractivity contribution >= 4 is 35.0 Å². The second-order valence-electron chi connectivity index (χ2n) is 7.18. The van der Waals surface area contributed by atoms with Crippen molar-refractivity contribution < 1.29 is 29.0 Å². The maximum absolute atomic E-state index is 13.0. The molecule has 1 aliphatic rings. The van der Waals surface area contributed by atoms with Gasteiger partial charge in [0, 0.05) is 19.8 Å². The van der Waals surface area contributed by atoms with Gasteiger partial charge in [0.2, 0.25) is 6.79 Å². The van der Waals surface area contributed by atoms with Gasteiger partial charge in [-0.25, -0.2) is 5.48 Å². The molecule has 0 radical (unpaired) electrons. The van der Waals surface area contributed by atoms with Gasteiger partial charge in [0.15, 0.2) is 17.2 Å². The molecule has 2 amide bonds. The number of nitrogens with one attached hydrogen (secondary N) is 2. The maximum Gasteiger partial charge on any atom is 0.279 e. The standard InChI is InChI=1S/C22H19Cl2N3O6/c1-27-9-14(21(28)26-30)20(31-10-13-2-4-15(23)16(24)6-13)19(27)22(29)25-8-12-3-5-17-18(7-12)33-11-32-17/h2-7,9,30H,8,10-11H2,1H3,(H,25,29)(H,26,28). The topological polar surface area (TPSA) is 111 Å². The smallest absolute Gasteiger partial charge is 0.279 e. The zero-order valence-electron chi connectivity index (χ0n) is 17.4. The fraction of sp³-hybridized carbons (Fsp3) is 0.182. The highest BCUT2D eigenvalue weighted by atomic mass is 35.5. The van der Waals surface area contributed by atoms with Gasteiger partial charge in [0.05, 0.1) is 10.0 Å². The molecular weight excluding hydrogens is 473 g/mol. The Kier molecular flexibility index (Phi) is 6.64. The van der Waals surface area contributed by atoms with Gasteiger partial charge in [0.25, 0.3) is 11.8 Å². The highest BCUT2D eigenvalue weighted by molar-refractivity contribution is 6.42. The first-order valence-electron chi connectivity index (χ1n) is 9.74. The van der Waals surface area contributed by atoms with Gasteiger partial charge in [0.1, 0.15) is 17.9 Å². The van der Waals surface area contributed by atoms with E-state index in [4.69, 9.17) is 42.6 Å². The Morgan fingerprint density at radius 2 is 1.82 bits per heavy atom. The average molecular weight is 492 g/mol. The van der Waals surface area contributed by atoms with Crippen LogP contribution in [0, 0.1) is 0 Å². The molecule has 0 atom stereocenters. The third-order valence-electron chi connectivity index (χ3n) is 4.95. The highest BCUT2D eigenvalue weighted by Crippen LogP contribution is 2.33. The van der Waals surface area contributed by atoms with E-state index in [-0.39, 0.29) is 37.0 Å². The van der Waals surface area contributed by atoms with Crippen LogP contribution in [-0.2, 0) is 20.2 Å². The Morgan fingerprint density at radius 1 is 1.06 bits per heavy atom. The summed E-state index contributed by atoms with van der Waals surface area (Å²) in [7, 11) is 1.59. The van der Waals surface area contributed by atoms with Crippen molar-refractivity contribution in [1.29, 1.82) is 0 Å². The van der Waals surface area contributed by atoms with E-state index in [1.807, 2.05) is 6.07 Å². The minimum atomic E-state index is -0.815. The van der Waals surface area contributed by atoms with E-state index in [1.54, 1.807) is 42.9 Å². The summed E-state index contributed by atoms with van der Waals surface area (Å²) in [5.74, 6) is -0.0301. The summed E-state index contributed by atoms with van der Waals surface area (Å²) in [6.45, 7) is 0.368. The largest absolute Gasteiger partial charge is 0.486 e. The van der Waals surface area contributed by atoms with Gasteiger partial charge in [-0.1, -0.05) is 35.3 Å². The normalized spacial score (nSPS) is 11.9. The number of carbonyl (C=O) groups excluding carboxylic acids is 2. The molecule has 0 aliphatic carbocycles. The van der Waals surface area contributed by atoms with E-state index >= 15 is 0 Å². The molecule has 2 aromatic carbocycles. The predicted molar refractivity (Wildman–Crippen MR) is 119 cm³/mol. The third-order valence-corrected chi connectivity index (χ3v) is 5.69. The number of hydrogen-bond donors (Lipinski definition) is 3. The van der Waals surface area contributed by atoms with Crippen molar-refractivity contribution in [1.82, 2.24) is 15.4 Å². The molecule has 9 nitrogen and oxygen atoms in total. The Hall–Kier alpha value is -3.40. The van der Waals surface area contributed by atoms with Crippen LogP contribution in [-0.4, -0.2) is 28.4 Å². The third kappa shape index (κ3) is 4.85. The molecule has 4 rings (SSSR count). The summed E-state index contributed by atoms with van der Waals surface area (Å²) in [5.41, 5.74) is 3.14. The number of rotatable bonds is 7. The summed E-state index contributed by atoms with van der Waals surface area (Å²) in [4.78, 5) is 25.2. The Bertz CT molecular complexity index is 1230. The molecule has 33 heavy (non-hydrogen) atoms. The molecule has 11 heteroatoms. The van der Waals surface area contributed by atoms with Crippen molar-refractivity contribution in [3.8, 4) is 17.2 Å². The van der Waals surface area contributed by atoms with E-state index in [9.17, 15) is 9.59 Å². The number of hydroxylamine groups is 1. The average Bonchev–Trinajstić information content (AvgIpc) is 3.41. The Labute approximate surface area is 198 Å². The first-order valence-corrected chi connectivity index (χ1v) is 10.5. The van der Waals surface area contributed by atoms with Crippen LogP contribution in [0.4, 0.5) is 0 Å². The molecular formula is C22H19Cl2N3O6. The van der Waals surface area contributed by atoms with Crippen LogP contribution in [0.1, 0.15) is 32.0 Å². The van der Waals surface area contributed by atoms with Crippen LogP contribution in [0.25, 0.3) is 0 Å². The van der Waals surface area contributed by atoms with Gasteiger partial charge in [-0.05, 0) is 35.4 Å². The molecule has 3 aromatic rings. The summed E-state index contributed by atoms with van der Waals surface area (Å²) >= 11 is 12.0. The molecule has 0 unspecified atom stereocenters. The molecule has 1 aliphatic heterocycles. The number of amides is 2. The number of benzene rings is 2. The SMILES string of the molecule is Cn1cc(C(=O)NO)c(OCc2ccc(Cl)c(Cl)c2)c1C(=O)NCc1ccc2c(c1)OCO2. The van der Waals surface area contributed by atoms with Crippen LogP contribution in [0.15, 0.2) is 42.6 Å². The molecule has 0 bridgehead atoms. The van der Waals surface area contributed by atoms with Crippen LogP contribution in [0.3, 0.4) is 0 Å².